The van der Waals surface area contributed by atoms with Gasteiger partial charge in [-0.15, -0.1) is 0 Å². The first-order valence-electron chi connectivity index (χ1n) is 6.98. The van der Waals surface area contributed by atoms with Crippen LogP contribution in [0.4, 0.5) is 0 Å². The zero-order chi connectivity index (χ0) is 15.1. The molecule has 110 valence electrons. The largest absolute Gasteiger partial charge is 0.480 e. The van der Waals surface area contributed by atoms with Gasteiger partial charge in [0.1, 0.15) is 17.4 Å². The average Bonchev–Trinajstić information content (AvgIpc) is 3.01. The molecule has 3 heterocycles. The first-order valence-corrected chi connectivity index (χ1v) is 6.98. The Kier molecular flexibility index (Phi) is 3.16. The maximum absolute atomic E-state index is 12.8. The highest BCUT2D eigenvalue weighted by atomic mass is 16.4. The Hall–Kier alpha value is -2.37. The lowest BCUT2D eigenvalue weighted by molar-refractivity contribution is -0.141. The molecule has 6 heteroatoms. The highest BCUT2D eigenvalue weighted by Crippen LogP contribution is 2.22. The first-order chi connectivity index (χ1) is 9.99. The maximum atomic E-state index is 12.8. The van der Waals surface area contributed by atoms with Crippen LogP contribution in [-0.4, -0.2) is 43.9 Å². The van der Waals surface area contributed by atoms with Crippen molar-refractivity contribution < 1.29 is 14.7 Å². The van der Waals surface area contributed by atoms with Crippen molar-refractivity contribution in [3.8, 4) is 0 Å². The second-order valence-corrected chi connectivity index (χ2v) is 5.48. The Labute approximate surface area is 122 Å². The van der Waals surface area contributed by atoms with Gasteiger partial charge in [0, 0.05) is 12.7 Å². The number of pyridine rings is 1. The zero-order valence-corrected chi connectivity index (χ0v) is 12.0. The molecule has 0 aliphatic carbocycles. The van der Waals surface area contributed by atoms with Crippen LogP contribution in [0.3, 0.4) is 0 Å². The Morgan fingerprint density at radius 1 is 1.33 bits per heavy atom. The van der Waals surface area contributed by atoms with Crippen LogP contribution in [0, 0.1) is 13.8 Å². The van der Waals surface area contributed by atoms with E-state index < -0.39 is 12.0 Å². The van der Waals surface area contributed by atoms with E-state index in [9.17, 15) is 14.7 Å². The molecule has 1 aliphatic rings. The number of imidazole rings is 1. The Morgan fingerprint density at radius 2 is 2.10 bits per heavy atom. The fraction of sp³-hybridized carbons (Fsp3) is 0.400. The van der Waals surface area contributed by atoms with Crippen molar-refractivity contribution in [2.75, 3.05) is 6.54 Å². The number of aliphatic carboxylic acids is 1. The van der Waals surface area contributed by atoms with Gasteiger partial charge in [0.2, 0.25) is 0 Å². The molecule has 0 radical (unpaired) electrons. The average molecular weight is 287 g/mol. The number of amides is 1. The quantitative estimate of drug-likeness (QED) is 0.911. The van der Waals surface area contributed by atoms with E-state index in [1.165, 1.54) is 4.90 Å². The number of aromatic nitrogens is 2. The molecule has 1 aliphatic heterocycles. The van der Waals surface area contributed by atoms with Gasteiger partial charge in [-0.3, -0.25) is 9.20 Å². The van der Waals surface area contributed by atoms with Crippen LogP contribution >= 0.6 is 0 Å². The Balaban J connectivity index is 2.07. The number of nitrogens with zero attached hydrogens (tertiary/aromatic N) is 3. The molecule has 0 aromatic carbocycles. The van der Waals surface area contributed by atoms with E-state index in [1.54, 1.807) is 11.3 Å². The molecule has 1 atom stereocenters. The number of likely N-dealkylation sites (tertiary alicyclic amines) is 1. The highest BCUT2D eigenvalue weighted by molar-refractivity contribution is 5.97. The Bertz CT molecular complexity index is 735. The molecule has 3 rings (SSSR count). The number of hydrogen-bond acceptors (Lipinski definition) is 3. The minimum absolute atomic E-state index is 0.254. The summed E-state index contributed by atoms with van der Waals surface area (Å²) >= 11 is 0. The minimum atomic E-state index is -0.941. The summed E-state index contributed by atoms with van der Waals surface area (Å²) in [5.74, 6) is -1.20. The van der Waals surface area contributed by atoms with Crippen LogP contribution in [0.15, 0.2) is 18.3 Å². The van der Waals surface area contributed by atoms with Crippen molar-refractivity contribution in [2.24, 2.45) is 0 Å². The molecule has 21 heavy (non-hydrogen) atoms. The molecular formula is C15H17N3O3. The number of fused-ring (bicyclic) bond motifs is 1. The van der Waals surface area contributed by atoms with E-state index >= 15 is 0 Å². The van der Waals surface area contributed by atoms with Gasteiger partial charge in [-0.2, -0.15) is 0 Å². The lowest BCUT2D eigenvalue weighted by atomic mass is 10.2. The number of carboxylic acid groups (broad SMARTS) is 1. The van der Waals surface area contributed by atoms with Crippen LogP contribution in [0.1, 0.15) is 34.6 Å². The number of carbonyl (C=O) groups is 2. The van der Waals surface area contributed by atoms with Crippen LogP contribution in [0.2, 0.25) is 0 Å². The van der Waals surface area contributed by atoms with Gasteiger partial charge in [0.15, 0.2) is 0 Å². The van der Waals surface area contributed by atoms with Crippen LogP contribution in [0.5, 0.6) is 0 Å². The molecule has 1 amide bonds. The van der Waals surface area contributed by atoms with Crippen molar-refractivity contribution in [1.82, 2.24) is 14.3 Å². The lowest BCUT2D eigenvalue weighted by Gasteiger charge is -2.21. The molecule has 2 aromatic heterocycles. The third-order valence-corrected chi connectivity index (χ3v) is 3.94. The van der Waals surface area contributed by atoms with Crippen molar-refractivity contribution >= 4 is 17.5 Å². The molecule has 6 nitrogen and oxygen atoms in total. The van der Waals surface area contributed by atoms with Crippen molar-refractivity contribution in [1.29, 1.82) is 0 Å². The summed E-state index contributed by atoms with van der Waals surface area (Å²) in [6, 6.07) is 3.07. The van der Waals surface area contributed by atoms with E-state index in [4.69, 9.17) is 0 Å². The topological polar surface area (TPSA) is 74.9 Å². The molecule has 0 saturated carbocycles. The maximum Gasteiger partial charge on any atom is 0.326 e. The Morgan fingerprint density at radius 3 is 2.81 bits per heavy atom. The lowest BCUT2D eigenvalue weighted by Crippen LogP contribution is -2.41. The third-order valence-electron chi connectivity index (χ3n) is 3.94. The summed E-state index contributed by atoms with van der Waals surface area (Å²) in [6.07, 6.45) is 3.09. The van der Waals surface area contributed by atoms with E-state index in [0.29, 0.717) is 30.0 Å². The molecule has 0 bridgehead atoms. The smallest absolute Gasteiger partial charge is 0.326 e. The summed E-state index contributed by atoms with van der Waals surface area (Å²) < 4.78 is 1.75. The van der Waals surface area contributed by atoms with Gasteiger partial charge in [0.05, 0.1) is 5.69 Å². The van der Waals surface area contributed by atoms with Crippen LogP contribution in [-0.2, 0) is 4.79 Å². The number of carbonyl (C=O) groups excluding carboxylic acids is 1. The monoisotopic (exact) mass is 287 g/mol. The number of rotatable bonds is 2. The second-order valence-electron chi connectivity index (χ2n) is 5.48. The zero-order valence-electron chi connectivity index (χ0n) is 12.0. The SMILES string of the molecule is Cc1ccc2nc(C)c(C(=O)N3CCCC3C(=O)O)n2c1. The number of aryl methyl sites for hydroxylation is 2. The molecule has 1 saturated heterocycles. The van der Waals surface area contributed by atoms with Gasteiger partial charge < -0.3 is 10.0 Å². The summed E-state index contributed by atoms with van der Waals surface area (Å²) in [5, 5.41) is 9.24. The van der Waals surface area contributed by atoms with E-state index in [0.717, 1.165) is 12.0 Å². The first kappa shape index (κ1) is 13.6. The predicted octanol–water partition coefficient (Wildman–Crippen LogP) is 1.64. The van der Waals surface area contributed by atoms with Gasteiger partial charge in [-0.25, -0.2) is 9.78 Å². The molecule has 0 spiro atoms. The van der Waals surface area contributed by atoms with Gasteiger partial charge in [0.25, 0.3) is 5.91 Å². The standard InChI is InChI=1S/C15H17N3O3/c1-9-5-6-12-16-10(2)13(18(12)8-9)14(19)17-7-3-4-11(17)15(20)21/h5-6,8,11H,3-4,7H2,1-2H3,(H,20,21). The predicted molar refractivity (Wildman–Crippen MR) is 76.4 cm³/mol. The van der Waals surface area contributed by atoms with Crippen molar-refractivity contribution in [2.45, 2.75) is 32.7 Å². The van der Waals surface area contributed by atoms with Crippen molar-refractivity contribution in [3.05, 3.63) is 35.3 Å². The van der Waals surface area contributed by atoms with Gasteiger partial charge >= 0.3 is 5.97 Å². The highest BCUT2D eigenvalue weighted by Gasteiger charge is 2.36. The summed E-state index contributed by atoms with van der Waals surface area (Å²) in [6.45, 7) is 4.20. The van der Waals surface area contributed by atoms with E-state index in [1.807, 2.05) is 25.3 Å². The van der Waals surface area contributed by atoms with Crippen LogP contribution in [0.25, 0.3) is 5.65 Å². The van der Waals surface area contributed by atoms with Gasteiger partial charge in [-0.1, -0.05) is 6.07 Å². The van der Waals surface area contributed by atoms with E-state index in [2.05, 4.69) is 4.98 Å². The molecular weight excluding hydrogens is 270 g/mol. The van der Waals surface area contributed by atoms with Crippen LogP contribution < -0.4 is 0 Å². The minimum Gasteiger partial charge on any atom is -0.480 e. The normalized spacial score (nSPS) is 18.4. The second kappa shape index (κ2) is 4.87. The molecule has 1 N–H and O–H groups in total. The fourth-order valence-electron chi connectivity index (χ4n) is 2.93. The number of carboxylic acids is 1. The van der Waals surface area contributed by atoms with E-state index in [-0.39, 0.29) is 5.91 Å². The number of hydrogen-bond donors (Lipinski definition) is 1. The van der Waals surface area contributed by atoms with Crippen molar-refractivity contribution in [3.63, 3.8) is 0 Å². The summed E-state index contributed by atoms with van der Waals surface area (Å²) in [4.78, 5) is 29.9. The van der Waals surface area contributed by atoms with Gasteiger partial charge in [-0.05, 0) is 38.3 Å². The molecule has 1 fully saturated rings. The fourth-order valence-corrected chi connectivity index (χ4v) is 2.93. The summed E-state index contributed by atoms with van der Waals surface area (Å²) in [5.41, 5.74) is 2.81. The molecule has 2 aromatic rings. The molecule has 1 unspecified atom stereocenters. The summed E-state index contributed by atoms with van der Waals surface area (Å²) in [7, 11) is 0. The third kappa shape index (κ3) is 2.16.